The molecule has 0 saturated carbocycles. The maximum Gasteiger partial charge on any atom is 0.260 e. The van der Waals surface area contributed by atoms with Crippen LogP contribution in [-0.4, -0.2) is 23.7 Å². The number of H-pyrrole nitrogens is 1. The van der Waals surface area contributed by atoms with Crippen LogP contribution < -0.4 is 5.56 Å². The van der Waals surface area contributed by atoms with Gasteiger partial charge in [0.25, 0.3) is 5.56 Å². The maximum atomic E-state index is 12.5. The van der Waals surface area contributed by atoms with Gasteiger partial charge in [0.15, 0.2) is 0 Å². The number of thiophene rings is 1. The standard InChI is InChI=1S/C19H22N2O2S/c1-19(2,3)13-7-5-12(6-8-13)14-11-24-18-16(14)17(22)20-15(21-18)9-10-23-4/h5-8,11H,9-10H2,1-4H3,(H,20,21,22). The van der Waals surface area contributed by atoms with E-state index in [4.69, 9.17) is 4.74 Å². The lowest BCUT2D eigenvalue weighted by Gasteiger charge is -2.19. The third-order valence-corrected chi connectivity index (χ3v) is 4.97. The van der Waals surface area contributed by atoms with E-state index in [9.17, 15) is 4.79 Å². The van der Waals surface area contributed by atoms with E-state index < -0.39 is 0 Å². The molecule has 0 atom stereocenters. The van der Waals surface area contributed by atoms with E-state index in [1.165, 1.54) is 16.9 Å². The molecule has 0 bridgehead atoms. The van der Waals surface area contributed by atoms with Gasteiger partial charge < -0.3 is 9.72 Å². The highest BCUT2D eigenvalue weighted by atomic mass is 32.1. The predicted octanol–water partition coefficient (Wildman–Crippen LogP) is 4.14. The summed E-state index contributed by atoms with van der Waals surface area (Å²) in [6, 6.07) is 8.43. The average Bonchev–Trinajstić information content (AvgIpc) is 2.96. The number of fused-ring (bicyclic) bond motifs is 1. The highest BCUT2D eigenvalue weighted by Crippen LogP contribution is 2.32. The van der Waals surface area contributed by atoms with Crippen molar-refractivity contribution < 1.29 is 4.74 Å². The number of nitrogens with one attached hydrogen (secondary N) is 1. The summed E-state index contributed by atoms with van der Waals surface area (Å²) in [5.74, 6) is 0.672. The number of rotatable bonds is 4. The number of ether oxygens (including phenoxy) is 1. The number of aromatic amines is 1. The Bertz CT molecular complexity index is 902. The van der Waals surface area contributed by atoms with Crippen LogP contribution in [0.15, 0.2) is 34.4 Å². The van der Waals surface area contributed by atoms with Crippen LogP contribution >= 0.6 is 11.3 Å². The molecule has 0 aliphatic rings. The fraction of sp³-hybridized carbons (Fsp3) is 0.368. The van der Waals surface area contributed by atoms with Crippen molar-refractivity contribution in [1.82, 2.24) is 9.97 Å². The molecular weight excluding hydrogens is 320 g/mol. The Morgan fingerprint density at radius 1 is 1.21 bits per heavy atom. The van der Waals surface area contributed by atoms with Crippen LogP contribution in [0.2, 0.25) is 0 Å². The zero-order chi connectivity index (χ0) is 17.3. The molecule has 0 aliphatic carbocycles. The Morgan fingerprint density at radius 3 is 2.54 bits per heavy atom. The first kappa shape index (κ1) is 16.9. The average molecular weight is 342 g/mol. The summed E-state index contributed by atoms with van der Waals surface area (Å²) in [5.41, 5.74) is 3.31. The molecule has 0 amide bonds. The van der Waals surface area contributed by atoms with Crippen LogP contribution in [0.3, 0.4) is 0 Å². The third kappa shape index (κ3) is 3.28. The molecule has 126 valence electrons. The van der Waals surface area contributed by atoms with Crippen LogP contribution in [-0.2, 0) is 16.6 Å². The van der Waals surface area contributed by atoms with Gasteiger partial charge >= 0.3 is 0 Å². The highest BCUT2D eigenvalue weighted by molar-refractivity contribution is 7.17. The van der Waals surface area contributed by atoms with Crippen molar-refractivity contribution in [2.45, 2.75) is 32.6 Å². The molecule has 1 N–H and O–H groups in total. The second kappa shape index (κ2) is 6.49. The van der Waals surface area contributed by atoms with Gasteiger partial charge in [0.2, 0.25) is 0 Å². The Kier molecular flexibility index (Phi) is 4.56. The minimum absolute atomic E-state index is 0.0812. The Hall–Kier alpha value is -1.98. The largest absolute Gasteiger partial charge is 0.384 e. The van der Waals surface area contributed by atoms with Gasteiger partial charge in [-0.2, -0.15) is 0 Å². The fourth-order valence-electron chi connectivity index (χ4n) is 2.67. The Morgan fingerprint density at radius 2 is 1.92 bits per heavy atom. The molecule has 5 heteroatoms. The SMILES string of the molecule is COCCc1nc2scc(-c3ccc(C(C)(C)C)cc3)c2c(=O)[nH]1. The van der Waals surface area contributed by atoms with Crippen molar-refractivity contribution >= 4 is 21.6 Å². The molecule has 0 unspecified atom stereocenters. The lowest BCUT2D eigenvalue weighted by atomic mass is 9.86. The van der Waals surface area contributed by atoms with E-state index >= 15 is 0 Å². The van der Waals surface area contributed by atoms with E-state index in [-0.39, 0.29) is 11.0 Å². The van der Waals surface area contributed by atoms with Crippen LogP contribution in [0.1, 0.15) is 32.2 Å². The molecule has 2 aromatic heterocycles. The molecule has 0 fully saturated rings. The minimum atomic E-state index is -0.0812. The number of methoxy groups -OCH3 is 1. The molecule has 0 aliphatic heterocycles. The second-order valence-electron chi connectivity index (χ2n) is 6.91. The summed E-state index contributed by atoms with van der Waals surface area (Å²) in [4.78, 5) is 20.7. The fourth-order valence-corrected chi connectivity index (χ4v) is 3.64. The van der Waals surface area contributed by atoms with E-state index in [1.54, 1.807) is 7.11 Å². The highest BCUT2D eigenvalue weighted by Gasteiger charge is 2.16. The second-order valence-corrected chi connectivity index (χ2v) is 7.77. The van der Waals surface area contributed by atoms with Gasteiger partial charge in [0.1, 0.15) is 10.7 Å². The number of hydrogen-bond acceptors (Lipinski definition) is 4. The summed E-state index contributed by atoms with van der Waals surface area (Å²) >= 11 is 1.51. The zero-order valence-electron chi connectivity index (χ0n) is 14.5. The first-order valence-corrected chi connectivity index (χ1v) is 8.88. The van der Waals surface area contributed by atoms with Gasteiger partial charge in [-0.3, -0.25) is 4.79 Å². The smallest absolute Gasteiger partial charge is 0.260 e. The number of aromatic nitrogens is 2. The molecule has 3 aromatic rings. The van der Waals surface area contributed by atoms with Crippen molar-refractivity contribution in [3.63, 3.8) is 0 Å². The monoisotopic (exact) mass is 342 g/mol. The van der Waals surface area contributed by atoms with Gasteiger partial charge in [-0.1, -0.05) is 45.0 Å². The first-order chi connectivity index (χ1) is 11.4. The molecule has 1 aromatic carbocycles. The summed E-state index contributed by atoms with van der Waals surface area (Å²) in [6.45, 7) is 7.12. The quantitative estimate of drug-likeness (QED) is 0.775. The third-order valence-electron chi connectivity index (χ3n) is 4.10. The molecular formula is C19H22N2O2S. The van der Waals surface area contributed by atoms with Gasteiger partial charge in [-0.05, 0) is 16.5 Å². The van der Waals surface area contributed by atoms with Crippen LogP contribution in [0.4, 0.5) is 0 Å². The summed E-state index contributed by atoms with van der Waals surface area (Å²) in [7, 11) is 1.64. The van der Waals surface area contributed by atoms with Crippen LogP contribution in [0.25, 0.3) is 21.3 Å². The summed E-state index contributed by atoms with van der Waals surface area (Å²) in [6.07, 6.45) is 0.606. The van der Waals surface area contributed by atoms with Crippen LogP contribution in [0.5, 0.6) is 0 Å². The zero-order valence-corrected chi connectivity index (χ0v) is 15.3. The van der Waals surface area contributed by atoms with E-state index in [1.807, 2.05) is 5.38 Å². The van der Waals surface area contributed by atoms with E-state index in [2.05, 4.69) is 55.0 Å². The normalized spacial score (nSPS) is 12.0. The van der Waals surface area contributed by atoms with Gasteiger partial charge in [0, 0.05) is 24.5 Å². The Labute approximate surface area is 145 Å². The summed E-state index contributed by atoms with van der Waals surface area (Å²) in [5, 5.41) is 2.68. The first-order valence-electron chi connectivity index (χ1n) is 8.00. The van der Waals surface area contributed by atoms with Crippen molar-refractivity contribution in [1.29, 1.82) is 0 Å². The maximum absolute atomic E-state index is 12.5. The Balaban J connectivity index is 2.03. The van der Waals surface area contributed by atoms with Crippen LogP contribution in [0, 0.1) is 0 Å². The molecule has 2 heterocycles. The summed E-state index contributed by atoms with van der Waals surface area (Å²) < 4.78 is 5.05. The number of nitrogens with zero attached hydrogens (tertiary/aromatic N) is 1. The van der Waals surface area contributed by atoms with Gasteiger partial charge in [-0.25, -0.2) is 4.98 Å². The number of hydrogen-bond donors (Lipinski definition) is 1. The van der Waals surface area contributed by atoms with E-state index in [0.29, 0.717) is 24.2 Å². The lowest BCUT2D eigenvalue weighted by molar-refractivity contribution is 0.200. The predicted molar refractivity (Wildman–Crippen MR) is 100.0 cm³/mol. The van der Waals surface area contributed by atoms with Gasteiger partial charge in [0.05, 0.1) is 12.0 Å². The van der Waals surface area contributed by atoms with Crippen molar-refractivity contribution in [2.24, 2.45) is 0 Å². The molecule has 0 saturated heterocycles. The molecule has 0 radical (unpaired) electrons. The molecule has 24 heavy (non-hydrogen) atoms. The van der Waals surface area contributed by atoms with Gasteiger partial charge in [-0.15, -0.1) is 11.3 Å². The number of benzene rings is 1. The lowest BCUT2D eigenvalue weighted by Crippen LogP contribution is -2.13. The molecule has 4 nitrogen and oxygen atoms in total. The van der Waals surface area contributed by atoms with Crippen molar-refractivity contribution in [3.8, 4) is 11.1 Å². The minimum Gasteiger partial charge on any atom is -0.384 e. The van der Waals surface area contributed by atoms with E-state index in [0.717, 1.165) is 16.0 Å². The van der Waals surface area contributed by atoms with Crippen molar-refractivity contribution in [3.05, 3.63) is 51.4 Å². The topological polar surface area (TPSA) is 55.0 Å². The van der Waals surface area contributed by atoms with Crippen molar-refractivity contribution in [2.75, 3.05) is 13.7 Å². The molecule has 0 spiro atoms. The molecule has 3 rings (SSSR count).